The van der Waals surface area contributed by atoms with Crippen LogP contribution in [0.4, 0.5) is 0 Å². The van der Waals surface area contributed by atoms with Crippen molar-refractivity contribution < 1.29 is 9.53 Å². The minimum absolute atomic E-state index is 0.193. The van der Waals surface area contributed by atoms with Crippen LogP contribution in [-0.2, 0) is 0 Å². The second-order valence-corrected chi connectivity index (χ2v) is 4.68. The summed E-state index contributed by atoms with van der Waals surface area (Å²) in [5.74, 6) is 0.500. The Morgan fingerprint density at radius 1 is 1.47 bits per heavy atom. The molecule has 0 saturated carbocycles. The SMILES string of the molecule is CCCOc1cccc(C(=O)NC(CC)C(N)=S)c1. The highest BCUT2D eigenvalue weighted by Gasteiger charge is 2.14. The molecule has 1 atom stereocenters. The van der Waals surface area contributed by atoms with E-state index in [0.717, 1.165) is 6.42 Å². The number of amides is 1. The first-order valence-corrected chi connectivity index (χ1v) is 6.82. The number of carbonyl (C=O) groups is 1. The van der Waals surface area contributed by atoms with Crippen molar-refractivity contribution in [3.63, 3.8) is 0 Å². The molecular weight excluding hydrogens is 260 g/mol. The Morgan fingerprint density at radius 3 is 2.79 bits per heavy atom. The third-order valence-corrected chi connectivity index (χ3v) is 2.91. The zero-order valence-electron chi connectivity index (χ0n) is 11.3. The van der Waals surface area contributed by atoms with Gasteiger partial charge in [-0.3, -0.25) is 4.79 Å². The lowest BCUT2D eigenvalue weighted by Gasteiger charge is -2.15. The van der Waals surface area contributed by atoms with Crippen molar-refractivity contribution >= 4 is 23.1 Å². The number of hydrogen-bond donors (Lipinski definition) is 2. The van der Waals surface area contributed by atoms with Gasteiger partial charge in [-0.1, -0.05) is 32.1 Å². The topological polar surface area (TPSA) is 64.3 Å². The maximum absolute atomic E-state index is 12.1. The lowest BCUT2D eigenvalue weighted by molar-refractivity contribution is 0.0946. The molecule has 4 nitrogen and oxygen atoms in total. The van der Waals surface area contributed by atoms with Gasteiger partial charge in [-0.15, -0.1) is 0 Å². The summed E-state index contributed by atoms with van der Waals surface area (Å²) in [5.41, 5.74) is 6.11. The number of benzene rings is 1. The molecule has 1 unspecified atom stereocenters. The van der Waals surface area contributed by atoms with E-state index in [1.165, 1.54) is 0 Å². The number of rotatable bonds is 7. The highest BCUT2D eigenvalue weighted by Crippen LogP contribution is 2.13. The van der Waals surface area contributed by atoms with E-state index in [4.69, 9.17) is 22.7 Å². The molecule has 19 heavy (non-hydrogen) atoms. The minimum atomic E-state index is -0.275. The van der Waals surface area contributed by atoms with Gasteiger partial charge in [0.15, 0.2) is 0 Å². The number of ether oxygens (including phenoxy) is 1. The number of nitrogens with two attached hydrogens (primary N) is 1. The van der Waals surface area contributed by atoms with E-state index in [9.17, 15) is 4.79 Å². The zero-order chi connectivity index (χ0) is 14.3. The van der Waals surface area contributed by atoms with Crippen LogP contribution in [0, 0.1) is 0 Å². The molecule has 5 heteroatoms. The Bertz CT molecular complexity index is 449. The van der Waals surface area contributed by atoms with Gasteiger partial charge in [-0.05, 0) is 31.0 Å². The van der Waals surface area contributed by atoms with E-state index >= 15 is 0 Å². The summed E-state index contributed by atoms with van der Waals surface area (Å²) in [6.45, 7) is 4.59. The molecule has 1 rings (SSSR count). The van der Waals surface area contributed by atoms with Crippen LogP contribution in [-0.4, -0.2) is 23.5 Å². The molecule has 0 aromatic heterocycles. The number of carbonyl (C=O) groups excluding carboxylic acids is 1. The second-order valence-electron chi connectivity index (χ2n) is 4.21. The maximum Gasteiger partial charge on any atom is 0.251 e. The van der Waals surface area contributed by atoms with Crippen LogP contribution >= 0.6 is 12.2 Å². The fourth-order valence-corrected chi connectivity index (χ4v) is 1.79. The molecule has 0 radical (unpaired) electrons. The van der Waals surface area contributed by atoms with Gasteiger partial charge in [0.25, 0.3) is 5.91 Å². The summed E-state index contributed by atoms with van der Waals surface area (Å²) in [4.78, 5) is 12.4. The standard InChI is InChI=1S/C14H20N2O2S/c1-3-8-18-11-7-5-6-10(9-11)14(17)16-12(4-2)13(15)19/h5-7,9,12H,3-4,8H2,1-2H3,(H2,15,19)(H,16,17). The van der Waals surface area contributed by atoms with Gasteiger partial charge in [-0.2, -0.15) is 0 Å². The maximum atomic E-state index is 12.1. The molecule has 0 spiro atoms. The van der Waals surface area contributed by atoms with Crippen molar-refractivity contribution in [2.75, 3.05) is 6.61 Å². The lowest BCUT2D eigenvalue weighted by Crippen LogP contribution is -2.42. The van der Waals surface area contributed by atoms with Gasteiger partial charge < -0.3 is 15.8 Å². The first-order chi connectivity index (χ1) is 9.08. The molecule has 1 aromatic carbocycles. The van der Waals surface area contributed by atoms with Gasteiger partial charge in [0.05, 0.1) is 17.6 Å². The molecule has 1 aromatic rings. The van der Waals surface area contributed by atoms with Gasteiger partial charge in [0.1, 0.15) is 5.75 Å². The average molecular weight is 280 g/mol. The Kier molecular flexibility index (Phi) is 6.29. The van der Waals surface area contributed by atoms with Gasteiger partial charge in [0, 0.05) is 5.56 Å². The number of thiocarbonyl (C=S) groups is 1. The van der Waals surface area contributed by atoms with Crippen LogP contribution < -0.4 is 15.8 Å². The predicted octanol–water partition coefficient (Wildman–Crippen LogP) is 2.27. The zero-order valence-corrected chi connectivity index (χ0v) is 12.1. The minimum Gasteiger partial charge on any atom is -0.494 e. The third kappa shape index (κ3) is 4.87. The molecule has 104 valence electrons. The largest absolute Gasteiger partial charge is 0.494 e. The fourth-order valence-electron chi connectivity index (χ4n) is 1.56. The molecule has 0 fully saturated rings. The smallest absolute Gasteiger partial charge is 0.251 e. The number of nitrogens with one attached hydrogen (secondary N) is 1. The molecule has 0 bridgehead atoms. The van der Waals surface area contributed by atoms with Crippen molar-refractivity contribution in [3.05, 3.63) is 29.8 Å². The average Bonchev–Trinajstić information content (AvgIpc) is 2.42. The normalized spacial score (nSPS) is 11.7. The van der Waals surface area contributed by atoms with Crippen LogP contribution in [0.2, 0.25) is 0 Å². The predicted molar refractivity (Wildman–Crippen MR) is 80.6 cm³/mol. The van der Waals surface area contributed by atoms with Crippen molar-refractivity contribution in [2.45, 2.75) is 32.7 Å². The van der Waals surface area contributed by atoms with E-state index < -0.39 is 0 Å². The summed E-state index contributed by atoms with van der Waals surface area (Å²) in [6, 6.07) is 6.80. The van der Waals surface area contributed by atoms with Crippen LogP contribution in [0.5, 0.6) is 5.75 Å². The highest BCUT2D eigenvalue weighted by molar-refractivity contribution is 7.80. The van der Waals surface area contributed by atoms with Gasteiger partial charge >= 0.3 is 0 Å². The lowest BCUT2D eigenvalue weighted by atomic mass is 10.1. The molecule has 0 heterocycles. The molecule has 0 aliphatic heterocycles. The van der Waals surface area contributed by atoms with E-state index in [1.54, 1.807) is 18.2 Å². The van der Waals surface area contributed by atoms with E-state index in [1.807, 2.05) is 19.9 Å². The van der Waals surface area contributed by atoms with Crippen LogP contribution in [0.25, 0.3) is 0 Å². The van der Waals surface area contributed by atoms with Crippen LogP contribution in [0.15, 0.2) is 24.3 Å². The summed E-state index contributed by atoms with van der Waals surface area (Å²) in [6.07, 6.45) is 1.60. The second kappa shape index (κ2) is 7.74. The number of hydrogen-bond acceptors (Lipinski definition) is 3. The van der Waals surface area contributed by atoms with E-state index in [2.05, 4.69) is 5.32 Å². The summed E-state index contributed by atoms with van der Waals surface area (Å²) in [7, 11) is 0. The van der Waals surface area contributed by atoms with Crippen LogP contribution in [0.1, 0.15) is 37.0 Å². The van der Waals surface area contributed by atoms with Crippen molar-refractivity contribution in [3.8, 4) is 5.75 Å². The summed E-state index contributed by atoms with van der Waals surface area (Å²) in [5, 5.41) is 2.81. The molecule has 3 N–H and O–H groups in total. The molecule has 0 aliphatic rings. The van der Waals surface area contributed by atoms with E-state index in [0.29, 0.717) is 29.3 Å². The summed E-state index contributed by atoms with van der Waals surface area (Å²) >= 11 is 4.91. The Labute approximate surface area is 119 Å². The fraction of sp³-hybridized carbons (Fsp3) is 0.429. The quantitative estimate of drug-likeness (QED) is 0.752. The molecule has 1 amide bonds. The van der Waals surface area contributed by atoms with Crippen LogP contribution in [0.3, 0.4) is 0 Å². The Morgan fingerprint density at radius 2 is 2.21 bits per heavy atom. The summed E-state index contributed by atoms with van der Waals surface area (Å²) < 4.78 is 5.49. The third-order valence-electron chi connectivity index (χ3n) is 2.63. The first-order valence-electron chi connectivity index (χ1n) is 6.41. The molecule has 0 aliphatic carbocycles. The molecular formula is C14H20N2O2S. The monoisotopic (exact) mass is 280 g/mol. The van der Waals surface area contributed by atoms with Crippen molar-refractivity contribution in [1.82, 2.24) is 5.32 Å². The highest BCUT2D eigenvalue weighted by atomic mass is 32.1. The first kappa shape index (κ1) is 15.4. The molecule has 0 saturated heterocycles. The van der Waals surface area contributed by atoms with Crippen molar-refractivity contribution in [1.29, 1.82) is 0 Å². The van der Waals surface area contributed by atoms with Gasteiger partial charge in [0.2, 0.25) is 0 Å². The Hall–Kier alpha value is -1.62. The Balaban J connectivity index is 2.73. The van der Waals surface area contributed by atoms with E-state index in [-0.39, 0.29) is 11.9 Å². The van der Waals surface area contributed by atoms with Gasteiger partial charge in [-0.25, -0.2) is 0 Å². The van der Waals surface area contributed by atoms with Crippen molar-refractivity contribution in [2.24, 2.45) is 5.73 Å².